The second kappa shape index (κ2) is 9.37. The van der Waals surface area contributed by atoms with E-state index in [0.29, 0.717) is 5.92 Å². The number of carboxylic acid groups (broad SMARTS) is 1. The summed E-state index contributed by atoms with van der Waals surface area (Å²) in [5.41, 5.74) is 0. The topological polar surface area (TPSA) is 57.5 Å². The van der Waals surface area contributed by atoms with Crippen LogP contribution >= 0.6 is 0 Å². The number of aliphatic hydroxyl groups excluding tert-OH is 1. The number of hydrogen-bond acceptors (Lipinski definition) is 2. The highest BCUT2D eigenvalue weighted by Crippen LogP contribution is 2.24. The van der Waals surface area contributed by atoms with Crippen LogP contribution in [-0.4, -0.2) is 22.3 Å². The van der Waals surface area contributed by atoms with Crippen LogP contribution in [0.1, 0.15) is 66.2 Å². The highest BCUT2D eigenvalue weighted by atomic mass is 16.4. The standard InChI is InChI=1S/C15H30O3/c1-5-6-7-8-9-11(2)10-12(3)14(16)13(4)15(17)18/h11-14,16H,5-10H2,1-4H3,(H,17,18). The Balaban J connectivity index is 3.91. The van der Waals surface area contributed by atoms with Gasteiger partial charge in [0.05, 0.1) is 12.0 Å². The van der Waals surface area contributed by atoms with Gasteiger partial charge in [-0.15, -0.1) is 0 Å². The van der Waals surface area contributed by atoms with Crippen molar-refractivity contribution in [3.8, 4) is 0 Å². The van der Waals surface area contributed by atoms with E-state index in [1.54, 1.807) is 6.92 Å². The third-order valence-corrected chi connectivity index (χ3v) is 3.81. The van der Waals surface area contributed by atoms with Crippen LogP contribution in [0.2, 0.25) is 0 Å². The Hall–Kier alpha value is -0.570. The smallest absolute Gasteiger partial charge is 0.308 e. The van der Waals surface area contributed by atoms with E-state index in [0.717, 1.165) is 6.42 Å². The Labute approximate surface area is 112 Å². The summed E-state index contributed by atoms with van der Waals surface area (Å²) in [5, 5.41) is 18.8. The van der Waals surface area contributed by atoms with Gasteiger partial charge in [0.2, 0.25) is 0 Å². The maximum absolute atomic E-state index is 10.8. The average molecular weight is 258 g/mol. The molecule has 0 aromatic rings. The van der Waals surface area contributed by atoms with Crippen LogP contribution in [-0.2, 0) is 4.79 Å². The largest absolute Gasteiger partial charge is 0.481 e. The Kier molecular flexibility index (Phi) is 9.08. The molecule has 3 nitrogen and oxygen atoms in total. The average Bonchev–Trinajstić information content (AvgIpc) is 2.32. The molecule has 0 aliphatic carbocycles. The summed E-state index contributed by atoms with van der Waals surface area (Å²) in [5.74, 6) is -0.970. The molecule has 0 fully saturated rings. The lowest BCUT2D eigenvalue weighted by Crippen LogP contribution is -2.32. The van der Waals surface area contributed by atoms with Crippen molar-refractivity contribution in [3.63, 3.8) is 0 Å². The van der Waals surface area contributed by atoms with Gasteiger partial charge in [0.1, 0.15) is 0 Å². The molecule has 0 saturated carbocycles. The molecular weight excluding hydrogens is 228 g/mol. The fourth-order valence-corrected chi connectivity index (χ4v) is 2.45. The first-order valence-corrected chi connectivity index (χ1v) is 7.31. The highest BCUT2D eigenvalue weighted by molar-refractivity contribution is 5.70. The highest BCUT2D eigenvalue weighted by Gasteiger charge is 2.27. The van der Waals surface area contributed by atoms with E-state index in [9.17, 15) is 9.90 Å². The Morgan fingerprint density at radius 3 is 2.22 bits per heavy atom. The van der Waals surface area contributed by atoms with Gasteiger partial charge in [-0.25, -0.2) is 0 Å². The van der Waals surface area contributed by atoms with Crippen molar-refractivity contribution >= 4 is 5.97 Å². The maximum atomic E-state index is 10.8. The second-order valence-electron chi connectivity index (χ2n) is 5.78. The number of carbonyl (C=O) groups is 1. The molecule has 18 heavy (non-hydrogen) atoms. The lowest BCUT2D eigenvalue weighted by molar-refractivity contribution is -0.146. The number of carboxylic acids is 1. The number of hydrogen-bond donors (Lipinski definition) is 2. The van der Waals surface area contributed by atoms with Crippen molar-refractivity contribution in [3.05, 3.63) is 0 Å². The predicted molar refractivity (Wildman–Crippen MR) is 74.5 cm³/mol. The zero-order chi connectivity index (χ0) is 14.1. The summed E-state index contributed by atoms with van der Waals surface area (Å²) in [4.78, 5) is 10.8. The van der Waals surface area contributed by atoms with E-state index in [2.05, 4.69) is 13.8 Å². The van der Waals surface area contributed by atoms with Crippen LogP contribution in [0, 0.1) is 17.8 Å². The molecule has 0 spiro atoms. The number of unbranched alkanes of at least 4 members (excludes halogenated alkanes) is 3. The van der Waals surface area contributed by atoms with Gasteiger partial charge >= 0.3 is 5.97 Å². The molecule has 2 N–H and O–H groups in total. The summed E-state index contributed by atoms with van der Waals surface area (Å²) in [6, 6.07) is 0. The van der Waals surface area contributed by atoms with E-state index in [1.807, 2.05) is 6.92 Å². The third-order valence-electron chi connectivity index (χ3n) is 3.81. The Morgan fingerprint density at radius 1 is 1.11 bits per heavy atom. The molecule has 108 valence electrons. The predicted octanol–water partition coefficient (Wildman–Crippen LogP) is 3.70. The van der Waals surface area contributed by atoms with Gasteiger partial charge in [0.15, 0.2) is 0 Å². The van der Waals surface area contributed by atoms with E-state index >= 15 is 0 Å². The second-order valence-corrected chi connectivity index (χ2v) is 5.78. The molecule has 0 saturated heterocycles. The zero-order valence-corrected chi connectivity index (χ0v) is 12.4. The minimum Gasteiger partial charge on any atom is -0.481 e. The van der Waals surface area contributed by atoms with Crippen LogP contribution in [0.25, 0.3) is 0 Å². The van der Waals surface area contributed by atoms with Gasteiger partial charge in [0, 0.05) is 0 Å². The van der Waals surface area contributed by atoms with Gasteiger partial charge in [0.25, 0.3) is 0 Å². The van der Waals surface area contributed by atoms with Crippen LogP contribution in [0.5, 0.6) is 0 Å². The minimum atomic E-state index is -0.912. The maximum Gasteiger partial charge on any atom is 0.308 e. The SMILES string of the molecule is CCCCCCC(C)CC(C)C(O)C(C)C(=O)O. The molecule has 0 aromatic carbocycles. The molecule has 0 bridgehead atoms. The van der Waals surface area contributed by atoms with Crippen LogP contribution in [0.3, 0.4) is 0 Å². The Morgan fingerprint density at radius 2 is 1.72 bits per heavy atom. The minimum absolute atomic E-state index is 0.0530. The van der Waals surface area contributed by atoms with Crippen molar-refractivity contribution in [2.75, 3.05) is 0 Å². The van der Waals surface area contributed by atoms with Crippen LogP contribution in [0.15, 0.2) is 0 Å². The lowest BCUT2D eigenvalue weighted by atomic mass is 9.85. The molecule has 0 amide bonds. The fourth-order valence-electron chi connectivity index (χ4n) is 2.45. The van der Waals surface area contributed by atoms with E-state index < -0.39 is 18.0 Å². The molecular formula is C15H30O3. The normalized spacial score (nSPS) is 18.1. The van der Waals surface area contributed by atoms with Gasteiger partial charge in [-0.2, -0.15) is 0 Å². The number of aliphatic carboxylic acids is 1. The molecule has 3 heteroatoms. The third kappa shape index (κ3) is 7.00. The summed E-state index contributed by atoms with van der Waals surface area (Å²) in [7, 11) is 0. The van der Waals surface area contributed by atoms with Gasteiger partial charge in [-0.1, -0.05) is 52.9 Å². The monoisotopic (exact) mass is 258 g/mol. The molecule has 0 heterocycles. The van der Waals surface area contributed by atoms with Gasteiger partial charge in [-0.05, 0) is 25.2 Å². The molecule has 4 unspecified atom stereocenters. The molecule has 4 atom stereocenters. The number of aliphatic hydroxyl groups is 1. The quantitative estimate of drug-likeness (QED) is 0.587. The Bertz CT molecular complexity index is 228. The van der Waals surface area contributed by atoms with E-state index in [1.165, 1.54) is 32.1 Å². The number of rotatable bonds is 10. The molecule has 0 aromatic heterocycles. The van der Waals surface area contributed by atoms with Crippen LogP contribution < -0.4 is 0 Å². The first kappa shape index (κ1) is 17.4. The van der Waals surface area contributed by atoms with Crippen LogP contribution in [0.4, 0.5) is 0 Å². The lowest BCUT2D eigenvalue weighted by Gasteiger charge is -2.24. The van der Waals surface area contributed by atoms with Crippen molar-refractivity contribution in [1.82, 2.24) is 0 Å². The zero-order valence-electron chi connectivity index (χ0n) is 12.4. The summed E-state index contributed by atoms with van der Waals surface area (Å²) in [6.45, 7) is 7.93. The fraction of sp³-hybridized carbons (Fsp3) is 0.933. The van der Waals surface area contributed by atoms with Crippen molar-refractivity contribution in [2.24, 2.45) is 17.8 Å². The van der Waals surface area contributed by atoms with Gasteiger partial charge in [-0.3, -0.25) is 4.79 Å². The van der Waals surface area contributed by atoms with Crippen molar-refractivity contribution < 1.29 is 15.0 Å². The van der Waals surface area contributed by atoms with E-state index in [4.69, 9.17) is 5.11 Å². The summed E-state index contributed by atoms with van der Waals surface area (Å²) >= 11 is 0. The summed E-state index contributed by atoms with van der Waals surface area (Å²) < 4.78 is 0. The first-order valence-electron chi connectivity index (χ1n) is 7.31. The van der Waals surface area contributed by atoms with Crippen molar-refractivity contribution in [1.29, 1.82) is 0 Å². The molecule has 0 radical (unpaired) electrons. The van der Waals surface area contributed by atoms with Crippen molar-refractivity contribution in [2.45, 2.75) is 72.3 Å². The molecule has 0 rings (SSSR count). The molecule has 0 aliphatic rings. The summed E-state index contributed by atoms with van der Waals surface area (Å²) in [6.07, 6.45) is 6.42. The first-order chi connectivity index (χ1) is 8.40. The molecule has 0 aliphatic heterocycles. The van der Waals surface area contributed by atoms with E-state index in [-0.39, 0.29) is 5.92 Å². The van der Waals surface area contributed by atoms with Gasteiger partial charge < -0.3 is 10.2 Å².